The Bertz CT molecular complexity index is 1250. The molecule has 3 N–H and O–H groups in total. The van der Waals surface area contributed by atoms with E-state index in [-0.39, 0.29) is 22.7 Å². The quantitative estimate of drug-likeness (QED) is 0.228. The molecule has 0 heterocycles. The van der Waals surface area contributed by atoms with Gasteiger partial charge in [0, 0.05) is 18.0 Å². The molecule has 3 atom stereocenters. The molecule has 0 spiro atoms. The zero-order valence-corrected chi connectivity index (χ0v) is 23.7. The Kier molecular flexibility index (Phi) is 8.91. The molecule has 2 aromatic rings. The molecule has 0 aromatic heterocycles. The Hall–Kier alpha value is -2.54. The molecule has 0 unspecified atom stereocenters. The molecule has 12 heteroatoms. The highest BCUT2D eigenvalue weighted by atomic mass is 127. The van der Waals surface area contributed by atoms with E-state index in [1.54, 1.807) is 12.1 Å². The van der Waals surface area contributed by atoms with Crippen LogP contribution in [-0.4, -0.2) is 32.4 Å². The van der Waals surface area contributed by atoms with Gasteiger partial charge in [0.05, 0.1) is 19.6 Å². The van der Waals surface area contributed by atoms with E-state index in [1.807, 2.05) is 20.8 Å². The number of aliphatic carboxylic acids is 1. The first-order valence-electron chi connectivity index (χ1n) is 11.7. The number of benzene rings is 2. The van der Waals surface area contributed by atoms with E-state index in [1.165, 1.54) is 12.1 Å². The number of nitrogens with one attached hydrogen (secondary N) is 2. The predicted octanol–water partition coefficient (Wildman–Crippen LogP) is 6.23. The van der Waals surface area contributed by atoms with Crippen molar-refractivity contribution in [3.63, 3.8) is 0 Å². The van der Waals surface area contributed by atoms with Gasteiger partial charge in [-0.05, 0) is 61.1 Å². The van der Waals surface area contributed by atoms with E-state index >= 15 is 0 Å². The van der Waals surface area contributed by atoms with Gasteiger partial charge in [-0.2, -0.15) is 13.2 Å². The van der Waals surface area contributed by atoms with Crippen LogP contribution in [0.5, 0.6) is 0 Å². The molecular formula is C26H27ClF3IN2O5. The molecular weight excluding hydrogens is 640 g/mol. The van der Waals surface area contributed by atoms with Crippen LogP contribution < -0.4 is 10.6 Å². The van der Waals surface area contributed by atoms with E-state index in [2.05, 4.69) is 10.6 Å². The van der Waals surface area contributed by atoms with Crippen molar-refractivity contribution in [1.29, 1.82) is 0 Å². The number of anilines is 1. The maximum atomic E-state index is 13.0. The van der Waals surface area contributed by atoms with Gasteiger partial charge in [0.1, 0.15) is 6.04 Å². The Morgan fingerprint density at radius 1 is 1.13 bits per heavy atom. The highest BCUT2D eigenvalue weighted by Gasteiger charge is 2.55. The van der Waals surface area contributed by atoms with Crippen molar-refractivity contribution in [2.45, 2.75) is 55.7 Å². The van der Waals surface area contributed by atoms with Crippen LogP contribution in [0.15, 0.2) is 42.5 Å². The van der Waals surface area contributed by atoms with Gasteiger partial charge in [-0.25, -0.2) is 4.79 Å². The van der Waals surface area contributed by atoms with Crippen molar-refractivity contribution < 1.29 is 35.7 Å². The average Bonchev–Trinajstić information content (AvgIpc) is 3.08. The number of amides is 2. The van der Waals surface area contributed by atoms with Crippen LogP contribution in [0.1, 0.15) is 55.1 Å². The number of carboxylic acids is 1. The first-order chi connectivity index (χ1) is 17.6. The van der Waals surface area contributed by atoms with Gasteiger partial charge in [-0.15, -0.1) is 0 Å². The largest absolute Gasteiger partial charge is 0.480 e. The second kappa shape index (κ2) is 11.3. The molecule has 1 fully saturated rings. The topological polar surface area (TPSA) is 113 Å². The predicted molar refractivity (Wildman–Crippen MR) is 144 cm³/mol. The van der Waals surface area contributed by atoms with Gasteiger partial charge in [0.25, 0.3) is 5.91 Å². The zero-order valence-electron chi connectivity index (χ0n) is 20.8. The van der Waals surface area contributed by atoms with Crippen LogP contribution in [0, 0.1) is 11.3 Å². The zero-order chi connectivity index (χ0) is 28.5. The highest BCUT2D eigenvalue weighted by molar-refractivity contribution is 14.1. The number of carbonyl (C=O) groups is 3. The Balaban J connectivity index is 1.68. The molecule has 0 bridgehead atoms. The van der Waals surface area contributed by atoms with Gasteiger partial charge in [-0.1, -0.05) is 37.6 Å². The lowest BCUT2D eigenvalue weighted by Gasteiger charge is -2.36. The number of halogens is 5. The molecule has 38 heavy (non-hydrogen) atoms. The SMILES string of the molecule is CC1(C)[C@@H](C(=O)N[C@@H](Cc2ccc(NC(=O)c3cc(C(F)(F)F)ccc3Cl)cc2)C(=O)O)CC[C@@]1(C)I=O. The molecule has 1 saturated carbocycles. The number of carbonyl (C=O) groups excluding carboxylic acids is 2. The fraction of sp³-hybridized carbons (Fsp3) is 0.423. The Labute approximate surface area is 233 Å². The molecule has 7 nitrogen and oxygen atoms in total. The molecule has 0 radical (unpaired) electrons. The molecule has 206 valence electrons. The van der Waals surface area contributed by atoms with Crippen molar-refractivity contribution in [3.8, 4) is 0 Å². The summed E-state index contributed by atoms with van der Waals surface area (Å²) in [7, 11) is 0. The summed E-state index contributed by atoms with van der Waals surface area (Å²) in [6, 6.07) is 7.27. The third-order valence-corrected chi connectivity index (χ3v) is 10.6. The first kappa shape index (κ1) is 30.0. The number of carboxylic acid groups (broad SMARTS) is 1. The number of rotatable bonds is 8. The summed E-state index contributed by atoms with van der Waals surface area (Å²) in [6.07, 6.45) is -3.52. The number of alkyl halides is 4. The van der Waals surface area contributed by atoms with Crippen LogP contribution >= 0.6 is 32.8 Å². The van der Waals surface area contributed by atoms with Crippen molar-refractivity contribution in [3.05, 3.63) is 64.2 Å². The van der Waals surface area contributed by atoms with Gasteiger partial charge in [-0.3, -0.25) is 12.7 Å². The van der Waals surface area contributed by atoms with Crippen molar-refractivity contribution in [1.82, 2.24) is 5.32 Å². The summed E-state index contributed by atoms with van der Waals surface area (Å²) in [4.78, 5) is 37.4. The van der Waals surface area contributed by atoms with Gasteiger partial charge in [0.15, 0.2) is 21.2 Å². The van der Waals surface area contributed by atoms with E-state index in [4.69, 9.17) is 11.6 Å². The molecule has 3 rings (SSSR count). The summed E-state index contributed by atoms with van der Waals surface area (Å²) < 4.78 is 50.4. The molecule has 2 amide bonds. The van der Waals surface area contributed by atoms with Gasteiger partial charge in [0.2, 0.25) is 5.91 Å². The second-order valence-electron chi connectivity index (χ2n) is 10.0. The minimum Gasteiger partial charge on any atom is -0.480 e. The van der Waals surface area contributed by atoms with Crippen LogP contribution in [0.3, 0.4) is 0 Å². The summed E-state index contributed by atoms with van der Waals surface area (Å²) in [6.45, 7) is 5.67. The monoisotopic (exact) mass is 666 g/mol. The first-order valence-corrected chi connectivity index (χ1v) is 14.0. The second-order valence-corrected chi connectivity index (χ2v) is 13.3. The smallest absolute Gasteiger partial charge is 0.416 e. The van der Waals surface area contributed by atoms with Gasteiger partial charge < -0.3 is 15.7 Å². The van der Waals surface area contributed by atoms with E-state index in [9.17, 15) is 35.7 Å². The fourth-order valence-electron chi connectivity index (χ4n) is 4.56. The summed E-state index contributed by atoms with van der Waals surface area (Å²) in [5, 5.41) is 14.6. The minimum atomic E-state index is -4.64. The third kappa shape index (κ3) is 6.36. The third-order valence-electron chi connectivity index (χ3n) is 7.41. The number of hydrogen-bond donors (Lipinski definition) is 3. The lowest BCUT2D eigenvalue weighted by atomic mass is 9.75. The lowest BCUT2D eigenvalue weighted by molar-refractivity contribution is -0.143. The average molecular weight is 667 g/mol. The summed E-state index contributed by atoms with van der Waals surface area (Å²) in [5.41, 5.74) is -1.09. The van der Waals surface area contributed by atoms with Crippen molar-refractivity contribution in [2.75, 3.05) is 5.32 Å². The van der Waals surface area contributed by atoms with E-state index in [0.717, 1.165) is 12.1 Å². The van der Waals surface area contributed by atoms with E-state index in [0.29, 0.717) is 24.5 Å². The Morgan fingerprint density at radius 2 is 1.76 bits per heavy atom. The van der Waals surface area contributed by atoms with Crippen LogP contribution in [-0.2, 0) is 25.3 Å². The fourth-order valence-corrected chi connectivity index (χ4v) is 6.24. The van der Waals surface area contributed by atoms with E-state index < -0.39 is 71.5 Å². The number of hydrogen-bond acceptors (Lipinski definition) is 4. The minimum absolute atomic E-state index is 0.0341. The standard InChI is InChI=1S/C26H27ClF3IN2O5/c1-24(2)18(10-11-25(24,3)31-38)22(35)33-20(23(36)37)12-14-4-7-16(8-5-14)32-21(34)17-13-15(26(28,29)30)6-9-19(17)27/h4-9,13,18,20H,10-12H2,1-3H3,(H,32,34)(H,33,35)(H,36,37)/t18-,20+,25-/m1/s1. The van der Waals surface area contributed by atoms with Gasteiger partial charge >= 0.3 is 12.1 Å². The van der Waals surface area contributed by atoms with Crippen LogP contribution in [0.2, 0.25) is 5.02 Å². The molecule has 1 aliphatic carbocycles. The molecule has 0 saturated heterocycles. The molecule has 2 aromatic carbocycles. The maximum absolute atomic E-state index is 13.0. The van der Waals surface area contributed by atoms with Crippen molar-refractivity contribution in [2.24, 2.45) is 11.3 Å². The van der Waals surface area contributed by atoms with Crippen molar-refractivity contribution >= 4 is 56.3 Å². The van der Waals surface area contributed by atoms with Crippen LogP contribution in [0.25, 0.3) is 0 Å². The normalized spacial score (nSPS) is 21.5. The highest BCUT2D eigenvalue weighted by Crippen LogP contribution is 2.56. The maximum Gasteiger partial charge on any atom is 0.416 e. The molecule has 0 aliphatic heterocycles. The summed E-state index contributed by atoms with van der Waals surface area (Å²) >= 11 is 4.55. The summed E-state index contributed by atoms with van der Waals surface area (Å²) in [5.74, 6) is -2.92. The Morgan fingerprint density at radius 3 is 2.29 bits per heavy atom. The lowest BCUT2D eigenvalue weighted by Crippen LogP contribution is -2.49. The van der Waals surface area contributed by atoms with Crippen LogP contribution in [0.4, 0.5) is 18.9 Å². The molecule has 1 aliphatic rings.